The molecule has 0 radical (unpaired) electrons. The smallest absolute Gasteiger partial charge is 0.319 e. The third-order valence-corrected chi connectivity index (χ3v) is 4.44. The van der Waals surface area contributed by atoms with E-state index in [1.807, 2.05) is 36.4 Å². The van der Waals surface area contributed by atoms with Crippen LogP contribution in [0.25, 0.3) is 0 Å². The number of rotatable bonds is 3. The molecule has 27 heavy (non-hydrogen) atoms. The van der Waals surface area contributed by atoms with Crippen LogP contribution in [0.4, 0.5) is 10.5 Å². The van der Waals surface area contributed by atoms with Gasteiger partial charge in [0.05, 0.1) is 11.6 Å². The van der Waals surface area contributed by atoms with Crippen molar-refractivity contribution in [2.45, 2.75) is 13.0 Å². The van der Waals surface area contributed by atoms with Crippen molar-refractivity contribution < 1.29 is 19.1 Å². The van der Waals surface area contributed by atoms with E-state index in [2.05, 4.69) is 16.0 Å². The van der Waals surface area contributed by atoms with E-state index in [1.54, 1.807) is 19.1 Å². The summed E-state index contributed by atoms with van der Waals surface area (Å²) < 4.78 is 11.2. The third kappa shape index (κ3) is 3.44. The van der Waals surface area contributed by atoms with E-state index in [1.165, 1.54) is 0 Å². The Balaban J connectivity index is 1.68. The summed E-state index contributed by atoms with van der Waals surface area (Å²) in [6, 6.07) is 13.6. The summed E-state index contributed by atoms with van der Waals surface area (Å²) in [5.74, 6) is 0.972. The van der Waals surface area contributed by atoms with Crippen LogP contribution < -0.4 is 25.4 Å². The molecule has 0 bridgehead atoms. The van der Waals surface area contributed by atoms with Crippen molar-refractivity contribution in [3.8, 4) is 11.5 Å². The zero-order valence-electron chi connectivity index (χ0n) is 14.7. The Morgan fingerprint density at radius 2 is 1.81 bits per heavy atom. The highest BCUT2D eigenvalue weighted by molar-refractivity contribution is 6.06. The highest BCUT2D eigenvalue weighted by Gasteiger charge is 2.32. The summed E-state index contributed by atoms with van der Waals surface area (Å²) in [4.78, 5) is 25.0. The van der Waals surface area contributed by atoms with E-state index in [0.29, 0.717) is 41.7 Å². The molecule has 2 heterocycles. The van der Waals surface area contributed by atoms with Crippen LogP contribution >= 0.6 is 0 Å². The monoisotopic (exact) mass is 365 g/mol. The molecule has 2 aromatic rings. The number of fused-ring (bicyclic) bond motifs is 1. The first-order chi connectivity index (χ1) is 13.1. The van der Waals surface area contributed by atoms with Gasteiger partial charge in [-0.15, -0.1) is 0 Å². The number of anilines is 1. The first kappa shape index (κ1) is 17.0. The summed E-state index contributed by atoms with van der Waals surface area (Å²) >= 11 is 0. The molecule has 0 aromatic heterocycles. The lowest BCUT2D eigenvalue weighted by Crippen LogP contribution is -2.46. The van der Waals surface area contributed by atoms with Gasteiger partial charge in [-0.25, -0.2) is 4.79 Å². The normalized spacial score (nSPS) is 18.4. The van der Waals surface area contributed by atoms with E-state index in [-0.39, 0.29) is 11.9 Å². The van der Waals surface area contributed by atoms with Crippen LogP contribution in [0.15, 0.2) is 59.8 Å². The number of nitrogens with one attached hydrogen (secondary N) is 3. The van der Waals surface area contributed by atoms with Crippen molar-refractivity contribution in [2.75, 3.05) is 18.5 Å². The van der Waals surface area contributed by atoms with Gasteiger partial charge >= 0.3 is 6.03 Å². The van der Waals surface area contributed by atoms with E-state index in [9.17, 15) is 9.59 Å². The van der Waals surface area contributed by atoms with Gasteiger partial charge in [0.15, 0.2) is 11.5 Å². The Hall–Kier alpha value is -3.48. The molecular formula is C20H19N3O4. The van der Waals surface area contributed by atoms with Gasteiger partial charge in [0, 0.05) is 11.4 Å². The molecule has 1 unspecified atom stereocenters. The molecular weight excluding hydrogens is 346 g/mol. The number of allylic oxidation sites excluding steroid dienone is 1. The van der Waals surface area contributed by atoms with E-state index >= 15 is 0 Å². The third-order valence-electron chi connectivity index (χ3n) is 4.44. The lowest BCUT2D eigenvalue weighted by Gasteiger charge is -2.29. The lowest BCUT2D eigenvalue weighted by molar-refractivity contribution is -0.113. The topological polar surface area (TPSA) is 88.7 Å². The number of amides is 3. The number of urea groups is 1. The molecule has 138 valence electrons. The number of benzene rings is 2. The average molecular weight is 365 g/mol. The number of carbonyl (C=O) groups is 2. The van der Waals surface area contributed by atoms with Crippen LogP contribution in [0.5, 0.6) is 11.5 Å². The molecule has 2 aliphatic rings. The van der Waals surface area contributed by atoms with Gasteiger partial charge < -0.3 is 25.4 Å². The summed E-state index contributed by atoms with van der Waals surface area (Å²) in [5, 5.41) is 8.37. The maximum Gasteiger partial charge on any atom is 0.319 e. The largest absolute Gasteiger partial charge is 0.486 e. The SMILES string of the molecule is CC1=C(C(=O)Nc2ccccc2)C(c2ccc3c(c2)OCCO3)NC(=O)N1. The number of hydrogen-bond donors (Lipinski definition) is 3. The predicted molar refractivity (Wildman–Crippen MR) is 99.6 cm³/mol. The molecule has 0 saturated heterocycles. The molecule has 0 saturated carbocycles. The molecule has 0 fully saturated rings. The molecule has 2 aromatic carbocycles. The Bertz CT molecular complexity index is 924. The average Bonchev–Trinajstić information content (AvgIpc) is 2.67. The van der Waals surface area contributed by atoms with Gasteiger partial charge in [0.1, 0.15) is 13.2 Å². The predicted octanol–water partition coefficient (Wildman–Crippen LogP) is 2.72. The van der Waals surface area contributed by atoms with Crippen LogP contribution in [0.3, 0.4) is 0 Å². The van der Waals surface area contributed by atoms with E-state index in [0.717, 1.165) is 5.56 Å². The maximum absolute atomic E-state index is 12.9. The quantitative estimate of drug-likeness (QED) is 0.780. The number of carbonyl (C=O) groups excluding carboxylic acids is 2. The summed E-state index contributed by atoms with van der Waals surface area (Å²) in [7, 11) is 0. The minimum Gasteiger partial charge on any atom is -0.486 e. The van der Waals surface area contributed by atoms with Crippen molar-refractivity contribution >= 4 is 17.6 Å². The van der Waals surface area contributed by atoms with Gasteiger partial charge in [-0.3, -0.25) is 4.79 Å². The fraction of sp³-hybridized carbons (Fsp3) is 0.200. The molecule has 3 N–H and O–H groups in total. The van der Waals surface area contributed by atoms with Crippen LogP contribution in [-0.2, 0) is 4.79 Å². The van der Waals surface area contributed by atoms with Crippen LogP contribution in [0.1, 0.15) is 18.5 Å². The second-order valence-corrected chi connectivity index (χ2v) is 6.29. The fourth-order valence-corrected chi connectivity index (χ4v) is 3.20. The van der Waals surface area contributed by atoms with Crippen molar-refractivity contribution in [3.63, 3.8) is 0 Å². The maximum atomic E-state index is 12.9. The minimum absolute atomic E-state index is 0.286. The van der Waals surface area contributed by atoms with Gasteiger partial charge in [0.25, 0.3) is 5.91 Å². The van der Waals surface area contributed by atoms with Crippen LogP contribution in [0, 0.1) is 0 Å². The van der Waals surface area contributed by atoms with Crippen molar-refractivity contribution in [2.24, 2.45) is 0 Å². The molecule has 0 aliphatic carbocycles. The molecule has 2 aliphatic heterocycles. The van der Waals surface area contributed by atoms with Gasteiger partial charge in [-0.05, 0) is 36.8 Å². The van der Waals surface area contributed by atoms with Crippen molar-refractivity contribution in [3.05, 3.63) is 65.4 Å². The standard InChI is InChI=1S/C20H19N3O4/c1-12-17(19(24)22-14-5-3-2-4-6-14)18(23-20(25)21-12)13-7-8-15-16(11-13)27-10-9-26-15/h2-8,11,18H,9-10H2,1H3,(H,22,24)(H2,21,23,25). The zero-order chi connectivity index (χ0) is 18.8. The molecule has 4 rings (SSSR count). The highest BCUT2D eigenvalue weighted by atomic mass is 16.6. The van der Waals surface area contributed by atoms with Gasteiger partial charge in [-0.2, -0.15) is 0 Å². The highest BCUT2D eigenvalue weighted by Crippen LogP contribution is 2.35. The van der Waals surface area contributed by atoms with E-state index in [4.69, 9.17) is 9.47 Å². The molecule has 0 spiro atoms. The number of ether oxygens (including phenoxy) is 2. The van der Waals surface area contributed by atoms with Gasteiger partial charge in [0.2, 0.25) is 0 Å². The van der Waals surface area contributed by atoms with Crippen LogP contribution in [0.2, 0.25) is 0 Å². The van der Waals surface area contributed by atoms with Crippen molar-refractivity contribution in [1.82, 2.24) is 10.6 Å². The second kappa shape index (κ2) is 7.03. The summed E-state index contributed by atoms with van der Waals surface area (Å²) in [5.41, 5.74) is 2.37. The minimum atomic E-state index is -0.599. The van der Waals surface area contributed by atoms with Crippen LogP contribution in [-0.4, -0.2) is 25.2 Å². The Morgan fingerprint density at radius 1 is 1.07 bits per heavy atom. The second-order valence-electron chi connectivity index (χ2n) is 6.29. The first-order valence-corrected chi connectivity index (χ1v) is 8.66. The van der Waals surface area contributed by atoms with Gasteiger partial charge in [-0.1, -0.05) is 24.3 Å². The summed E-state index contributed by atoms with van der Waals surface area (Å²) in [6.45, 7) is 2.68. The molecule has 3 amide bonds. The molecule has 7 heteroatoms. The van der Waals surface area contributed by atoms with E-state index < -0.39 is 6.04 Å². The first-order valence-electron chi connectivity index (χ1n) is 8.66. The zero-order valence-corrected chi connectivity index (χ0v) is 14.7. The Morgan fingerprint density at radius 3 is 2.59 bits per heavy atom. The lowest BCUT2D eigenvalue weighted by atomic mass is 9.94. The molecule has 7 nitrogen and oxygen atoms in total. The fourth-order valence-electron chi connectivity index (χ4n) is 3.20. The number of hydrogen-bond acceptors (Lipinski definition) is 4. The van der Waals surface area contributed by atoms with Crippen molar-refractivity contribution in [1.29, 1.82) is 0 Å². The molecule has 1 atom stereocenters. The Labute approximate surface area is 156 Å². The Kier molecular flexibility index (Phi) is 4.42. The summed E-state index contributed by atoms with van der Waals surface area (Å²) in [6.07, 6.45) is 0. The number of para-hydroxylation sites is 1.